The van der Waals surface area contributed by atoms with E-state index in [1.54, 1.807) is 11.8 Å². The summed E-state index contributed by atoms with van der Waals surface area (Å²) in [5, 5.41) is 0.594. The van der Waals surface area contributed by atoms with E-state index in [1.807, 2.05) is 30.5 Å². The minimum Gasteiger partial charge on any atom is -0.378 e. The van der Waals surface area contributed by atoms with E-state index in [4.69, 9.17) is 5.73 Å². The molecule has 0 bridgehead atoms. The van der Waals surface area contributed by atoms with Crippen molar-refractivity contribution >= 4 is 34.4 Å². The van der Waals surface area contributed by atoms with Crippen molar-refractivity contribution in [1.82, 2.24) is 0 Å². The highest BCUT2D eigenvalue weighted by molar-refractivity contribution is 8.13. The lowest BCUT2D eigenvalue weighted by atomic mass is 10.3. The van der Waals surface area contributed by atoms with Gasteiger partial charge in [-0.2, -0.15) is 0 Å². The summed E-state index contributed by atoms with van der Waals surface area (Å²) in [4.78, 5) is 5.44. The second-order valence-corrected chi connectivity index (χ2v) is 4.06. The molecule has 0 saturated heterocycles. The molecular formula is C9H12N2S2. The molecule has 0 unspecified atom stereocenters. The zero-order valence-electron chi connectivity index (χ0n) is 7.65. The lowest BCUT2D eigenvalue weighted by Gasteiger charge is -1.98. The van der Waals surface area contributed by atoms with Crippen LogP contribution in [0.5, 0.6) is 0 Å². The molecule has 0 amide bonds. The molecule has 2 N–H and O–H groups in total. The maximum atomic E-state index is 5.58. The molecule has 0 aliphatic rings. The fraction of sp³-hybridized carbons (Fsp3) is 0.222. The predicted octanol–water partition coefficient (Wildman–Crippen LogP) is 2.72. The molecule has 0 spiro atoms. The first kappa shape index (κ1) is 10.5. The van der Waals surface area contributed by atoms with Crippen molar-refractivity contribution in [3.8, 4) is 0 Å². The Morgan fingerprint density at radius 1 is 1.23 bits per heavy atom. The average Bonchev–Trinajstić information content (AvgIpc) is 2.19. The molecular weight excluding hydrogens is 200 g/mol. The van der Waals surface area contributed by atoms with Gasteiger partial charge in [0.05, 0.1) is 5.69 Å². The van der Waals surface area contributed by atoms with E-state index in [-0.39, 0.29) is 0 Å². The van der Waals surface area contributed by atoms with Crippen molar-refractivity contribution in [3.63, 3.8) is 0 Å². The quantitative estimate of drug-likeness (QED) is 0.465. The number of aliphatic imine (C=N–C) groups is 1. The third-order valence-corrected chi connectivity index (χ3v) is 2.77. The van der Waals surface area contributed by atoms with Crippen LogP contribution in [0.4, 0.5) is 5.69 Å². The number of benzene rings is 1. The van der Waals surface area contributed by atoms with E-state index in [0.29, 0.717) is 5.17 Å². The number of hydrogen-bond acceptors (Lipinski definition) is 3. The minimum absolute atomic E-state index is 0.594. The Balaban J connectivity index is 2.80. The largest absolute Gasteiger partial charge is 0.378 e. The predicted molar refractivity (Wildman–Crippen MR) is 63.0 cm³/mol. The van der Waals surface area contributed by atoms with Gasteiger partial charge in [-0.25, -0.2) is 4.99 Å². The summed E-state index contributed by atoms with van der Waals surface area (Å²) in [6.07, 6.45) is 3.96. The number of rotatable bonds is 2. The van der Waals surface area contributed by atoms with Gasteiger partial charge in [-0.05, 0) is 36.8 Å². The molecule has 70 valence electrons. The third kappa shape index (κ3) is 3.32. The Kier molecular flexibility index (Phi) is 4.18. The Morgan fingerprint density at radius 3 is 2.31 bits per heavy atom. The summed E-state index contributed by atoms with van der Waals surface area (Å²) >= 11 is 3.17. The maximum Gasteiger partial charge on any atom is 0.158 e. The zero-order valence-corrected chi connectivity index (χ0v) is 9.28. The van der Waals surface area contributed by atoms with Gasteiger partial charge in [0.25, 0.3) is 0 Å². The smallest absolute Gasteiger partial charge is 0.158 e. The Bertz CT molecular complexity index is 293. The number of nitrogens with two attached hydrogens (primary N) is 1. The SMILES string of the molecule is CSC(N)=Nc1ccc(SC)cc1. The van der Waals surface area contributed by atoms with E-state index in [1.165, 1.54) is 16.7 Å². The number of amidine groups is 1. The second-order valence-electron chi connectivity index (χ2n) is 2.35. The first-order valence-electron chi connectivity index (χ1n) is 3.78. The van der Waals surface area contributed by atoms with E-state index in [2.05, 4.69) is 11.2 Å². The fourth-order valence-corrected chi connectivity index (χ4v) is 1.43. The van der Waals surface area contributed by atoms with Crippen molar-refractivity contribution in [3.05, 3.63) is 24.3 Å². The Hall–Kier alpha value is -0.610. The monoisotopic (exact) mass is 212 g/mol. The van der Waals surface area contributed by atoms with Crippen LogP contribution in [-0.2, 0) is 0 Å². The van der Waals surface area contributed by atoms with Gasteiger partial charge >= 0.3 is 0 Å². The van der Waals surface area contributed by atoms with Crippen molar-refractivity contribution in [2.24, 2.45) is 10.7 Å². The van der Waals surface area contributed by atoms with E-state index >= 15 is 0 Å². The van der Waals surface area contributed by atoms with E-state index in [9.17, 15) is 0 Å². The van der Waals surface area contributed by atoms with Gasteiger partial charge in [-0.1, -0.05) is 11.8 Å². The van der Waals surface area contributed by atoms with Crippen LogP contribution in [-0.4, -0.2) is 17.7 Å². The zero-order chi connectivity index (χ0) is 9.68. The van der Waals surface area contributed by atoms with Crippen LogP contribution in [0.2, 0.25) is 0 Å². The van der Waals surface area contributed by atoms with Crippen LogP contribution in [0, 0.1) is 0 Å². The molecule has 1 aromatic carbocycles. The molecule has 0 fully saturated rings. The third-order valence-electron chi connectivity index (χ3n) is 1.52. The molecule has 0 radical (unpaired) electrons. The van der Waals surface area contributed by atoms with Crippen LogP contribution < -0.4 is 5.73 Å². The summed E-state index contributed by atoms with van der Waals surface area (Å²) in [6.45, 7) is 0. The highest BCUT2D eigenvalue weighted by Crippen LogP contribution is 2.19. The van der Waals surface area contributed by atoms with Crippen molar-refractivity contribution in [1.29, 1.82) is 0 Å². The number of nitrogens with zero attached hydrogens (tertiary/aromatic N) is 1. The van der Waals surface area contributed by atoms with Gasteiger partial charge in [0.1, 0.15) is 0 Å². The van der Waals surface area contributed by atoms with Gasteiger partial charge in [0.15, 0.2) is 5.17 Å². The molecule has 13 heavy (non-hydrogen) atoms. The van der Waals surface area contributed by atoms with Crippen LogP contribution in [0.3, 0.4) is 0 Å². The lowest BCUT2D eigenvalue weighted by Crippen LogP contribution is -2.03. The standard InChI is InChI=1S/C9H12N2S2/c1-12-8-5-3-7(4-6-8)11-9(10)13-2/h3-6H,1-2H3,(H2,10,11). The van der Waals surface area contributed by atoms with E-state index in [0.717, 1.165) is 5.69 Å². The number of hydrogen-bond donors (Lipinski definition) is 1. The van der Waals surface area contributed by atoms with Crippen LogP contribution in [0.1, 0.15) is 0 Å². The summed E-state index contributed by atoms with van der Waals surface area (Å²) in [7, 11) is 0. The van der Waals surface area contributed by atoms with E-state index < -0.39 is 0 Å². The average molecular weight is 212 g/mol. The van der Waals surface area contributed by atoms with Gasteiger partial charge in [-0.3, -0.25) is 0 Å². The first-order valence-corrected chi connectivity index (χ1v) is 6.23. The molecule has 0 aliphatic carbocycles. The van der Waals surface area contributed by atoms with Gasteiger partial charge < -0.3 is 5.73 Å². The molecule has 0 saturated carbocycles. The molecule has 4 heteroatoms. The summed E-state index contributed by atoms with van der Waals surface area (Å²) in [5.74, 6) is 0. The van der Waals surface area contributed by atoms with Crippen LogP contribution in [0.15, 0.2) is 34.2 Å². The van der Waals surface area contributed by atoms with Crippen molar-refractivity contribution in [2.45, 2.75) is 4.90 Å². The van der Waals surface area contributed by atoms with Crippen molar-refractivity contribution < 1.29 is 0 Å². The maximum absolute atomic E-state index is 5.58. The highest BCUT2D eigenvalue weighted by atomic mass is 32.2. The van der Waals surface area contributed by atoms with Gasteiger partial charge in [-0.15, -0.1) is 11.8 Å². The minimum atomic E-state index is 0.594. The fourth-order valence-electron chi connectivity index (χ4n) is 0.830. The molecule has 0 atom stereocenters. The van der Waals surface area contributed by atoms with Crippen molar-refractivity contribution in [2.75, 3.05) is 12.5 Å². The first-order chi connectivity index (χ1) is 6.26. The normalized spacial score (nSPS) is 11.7. The Morgan fingerprint density at radius 2 is 1.85 bits per heavy atom. The summed E-state index contributed by atoms with van der Waals surface area (Å²) in [6, 6.07) is 8.01. The second kappa shape index (κ2) is 5.19. The van der Waals surface area contributed by atoms with Gasteiger partial charge in [0, 0.05) is 4.90 Å². The molecule has 2 nitrogen and oxygen atoms in total. The summed E-state index contributed by atoms with van der Waals surface area (Å²) < 4.78 is 0. The van der Waals surface area contributed by atoms with Crippen LogP contribution in [0.25, 0.3) is 0 Å². The molecule has 0 aliphatic heterocycles. The van der Waals surface area contributed by atoms with Crippen LogP contribution >= 0.6 is 23.5 Å². The summed E-state index contributed by atoms with van der Waals surface area (Å²) in [5.41, 5.74) is 6.49. The number of thioether (sulfide) groups is 2. The topological polar surface area (TPSA) is 38.4 Å². The molecule has 0 aromatic heterocycles. The highest BCUT2D eigenvalue weighted by Gasteiger charge is 1.92. The Labute approximate surface area is 87.0 Å². The lowest BCUT2D eigenvalue weighted by molar-refractivity contribution is 1.42. The molecule has 1 aromatic rings. The molecule has 1 rings (SSSR count). The van der Waals surface area contributed by atoms with Gasteiger partial charge in [0.2, 0.25) is 0 Å². The molecule has 0 heterocycles.